The van der Waals surface area contributed by atoms with Crippen molar-refractivity contribution in [1.29, 1.82) is 0 Å². The number of carbonyl (C=O) groups is 1. The highest BCUT2D eigenvalue weighted by molar-refractivity contribution is 6.33. The van der Waals surface area contributed by atoms with Gasteiger partial charge in [0.2, 0.25) is 0 Å². The van der Waals surface area contributed by atoms with Crippen LogP contribution in [-0.2, 0) is 6.54 Å². The Labute approximate surface area is 121 Å². The van der Waals surface area contributed by atoms with E-state index >= 15 is 0 Å². The lowest BCUT2D eigenvalue weighted by Gasteiger charge is -2.21. The second-order valence-corrected chi connectivity index (χ2v) is 4.83. The van der Waals surface area contributed by atoms with Gasteiger partial charge in [-0.3, -0.25) is 0 Å². The Balaban J connectivity index is 2.23. The molecule has 3 nitrogen and oxygen atoms in total. The molecular weight excluding hydrogens is 281 g/mol. The van der Waals surface area contributed by atoms with E-state index in [1.165, 1.54) is 18.2 Å². The molecule has 0 saturated carbocycles. The number of rotatable bonds is 4. The van der Waals surface area contributed by atoms with Crippen molar-refractivity contribution in [3.63, 3.8) is 0 Å². The summed E-state index contributed by atoms with van der Waals surface area (Å²) in [5, 5.41) is 9.21. The van der Waals surface area contributed by atoms with Crippen molar-refractivity contribution in [3.05, 3.63) is 64.4 Å². The van der Waals surface area contributed by atoms with Crippen molar-refractivity contribution in [3.8, 4) is 0 Å². The normalized spacial score (nSPS) is 10.3. The minimum atomic E-state index is -1.03. The summed E-state index contributed by atoms with van der Waals surface area (Å²) in [5.41, 5.74) is 1.33. The van der Waals surface area contributed by atoms with E-state index in [1.54, 1.807) is 36.2 Å². The van der Waals surface area contributed by atoms with Crippen LogP contribution in [0.15, 0.2) is 42.5 Å². The molecule has 104 valence electrons. The summed E-state index contributed by atoms with van der Waals surface area (Å²) in [5.74, 6) is -1.31. The van der Waals surface area contributed by atoms with Crippen molar-refractivity contribution < 1.29 is 14.3 Å². The van der Waals surface area contributed by atoms with E-state index in [-0.39, 0.29) is 11.4 Å². The Kier molecular flexibility index (Phi) is 4.25. The van der Waals surface area contributed by atoms with Gasteiger partial charge in [0.25, 0.3) is 0 Å². The van der Waals surface area contributed by atoms with Gasteiger partial charge < -0.3 is 10.0 Å². The fourth-order valence-electron chi connectivity index (χ4n) is 1.92. The zero-order valence-electron chi connectivity index (χ0n) is 10.8. The molecule has 0 atom stereocenters. The monoisotopic (exact) mass is 293 g/mol. The first-order valence-electron chi connectivity index (χ1n) is 5.96. The quantitative estimate of drug-likeness (QED) is 0.932. The predicted octanol–water partition coefficient (Wildman–Crippen LogP) is 3.81. The summed E-state index contributed by atoms with van der Waals surface area (Å²) in [6, 6.07) is 11.0. The van der Waals surface area contributed by atoms with E-state index in [9.17, 15) is 9.18 Å². The van der Waals surface area contributed by atoms with Crippen LogP contribution in [0.3, 0.4) is 0 Å². The number of nitrogens with zero attached hydrogens (tertiary/aromatic N) is 1. The number of hydrogen-bond donors (Lipinski definition) is 1. The molecule has 0 aliphatic heterocycles. The summed E-state index contributed by atoms with van der Waals surface area (Å²) in [4.78, 5) is 12.6. The summed E-state index contributed by atoms with van der Waals surface area (Å²) < 4.78 is 13.6. The minimum absolute atomic E-state index is 0.123. The van der Waals surface area contributed by atoms with E-state index in [0.29, 0.717) is 22.8 Å². The Bertz CT molecular complexity index is 646. The van der Waals surface area contributed by atoms with Crippen molar-refractivity contribution in [2.45, 2.75) is 6.54 Å². The van der Waals surface area contributed by atoms with Crippen LogP contribution in [0.4, 0.5) is 10.1 Å². The number of halogens is 2. The minimum Gasteiger partial charge on any atom is -0.478 e. The molecule has 0 aromatic heterocycles. The molecule has 0 aliphatic rings. The molecule has 5 heteroatoms. The van der Waals surface area contributed by atoms with Crippen molar-refractivity contribution in [1.82, 2.24) is 0 Å². The topological polar surface area (TPSA) is 40.5 Å². The van der Waals surface area contributed by atoms with Crippen LogP contribution in [0.1, 0.15) is 15.9 Å². The Morgan fingerprint density at radius 1 is 1.30 bits per heavy atom. The Morgan fingerprint density at radius 3 is 2.60 bits per heavy atom. The van der Waals surface area contributed by atoms with Gasteiger partial charge in [0.1, 0.15) is 5.82 Å². The molecule has 0 radical (unpaired) electrons. The molecular formula is C15H13ClFNO2. The molecule has 20 heavy (non-hydrogen) atoms. The number of carboxylic acid groups (broad SMARTS) is 1. The van der Waals surface area contributed by atoms with Crippen LogP contribution in [0, 0.1) is 5.82 Å². The van der Waals surface area contributed by atoms with Crippen LogP contribution in [0.25, 0.3) is 0 Å². The molecule has 0 amide bonds. The third-order valence-corrected chi connectivity index (χ3v) is 3.27. The van der Waals surface area contributed by atoms with Gasteiger partial charge in [-0.15, -0.1) is 0 Å². The second-order valence-electron chi connectivity index (χ2n) is 4.42. The number of benzene rings is 2. The fraction of sp³-hybridized carbons (Fsp3) is 0.133. The highest BCUT2D eigenvalue weighted by atomic mass is 35.5. The largest absolute Gasteiger partial charge is 0.478 e. The van der Waals surface area contributed by atoms with Gasteiger partial charge in [-0.25, -0.2) is 9.18 Å². The summed E-state index contributed by atoms with van der Waals surface area (Å²) in [6.45, 7) is 0.346. The van der Waals surface area contributed by atoms with E-state index in [1.807, 2.05) is 0 Å². The van der Waals surface area contributed by atoms with Crippen molar-refractivity contribution in [2.24, 2.45) is 0 Å². The molecule has 0 spiro atoms. The molecule has 2 aromatic carbocycles. The average molecular weight is 294 g/mol. The molecule has 2 aromatic rings. The van der Waals surface area contributed by atoms with Gasteiger partial charge in [0.05, 0.1) is 16.3 Å². The Hall–Kier alpha value is -2.07. The number of carboxylic acids is 1. The first-order valence-corrected chi connectivity index (χ1v) is 6.34. The third kappa shape index (κ3) is 3.08. The number of anilines is 1. The highest BCUT2D eigenvalue weighted by Gasteiger charge is 2.12. The van der Waals surface area contributed by atoms with Crippen molar-refractivity contribution >= 4 is 23.3 Å². The average Bonchev–Trinajstić information content (AvgIpc) is 2.41. The van der Waals surface area contributed by atoms with Crippen molar-refractivity contribution in [2.75, 3.05) is 11.9 Å². The molecule has 0 saturated heterocycles. The molecule has 0 aliphatic carbocycles. The standard InChI is InChI=1S/C15H13ClFNO2/c1-18(9-11-4-2-3-5-13(11)17)14-7-6-10(15(19)20)8-12(14)16/h2-8H,9H2,1H3,(H,19,20). The Morgan fingerprint density at radius 2 is 2.00 bits per heavy atom. The van der Waals surface area contributed by atoms with E-state index in [4.69, 9.17) is 16.7 Å². The summed E-state index contributed by atoms with van der Waals surface area (Å²) in [7, 11) is 1.77. The zero-order chi connectivity index (χ0) is 14.7. The fourth-order valence-corrected chi connectivity index (χ4v) is 2.24. The lowest BCUT2D eigenvalue weighted by Crippen LogP contribution is -2.17. The van der Waals surface area contributed by atoms with Crippen LogP contribution >= 0.6 is 11.6 Å². The molecule has 2 rings (SSSR count). The molecule has 0 heterocycles. The van der Waals surface area contributed by atoms with Crippen LogP contribution in [0.2, 0.25) is 5.02 Å². The first kappa shape index (κ1) is 14.3. The maximum atomic E-state index is 13.6. The van der Waals surface area contributed by atoms with Gasteiger partial charge in [0, 0.05) is 19.2 Å². The maximum absolute atomic E-state index is 13.6. The molecule has 0 unspecified atom stereocenters. The second kappa shape index (κ2) is 5.92. The molecule has 1 N–H and O–H groups in total. The van der Waals surface area contributed by atoms with E-state index in [0.717, 1.165) is 0 Å². The number of hydrogen-bond acceptors (Lipinski definition) is 2. The summed E-state index contributed by atoms with van der Waals surface area (Å²) in [6.07, 6.45) is 0. The lowest BCUT2D eigenvalue weighted by atomic mass is 10.1. The molecule has 0 fully saturated rings. The SMILES string of the molecule is CN(Cc1ccccc1F)c1ccc(C(=O)O)cc1Cl. The highest BCUT2D eigenvalue weighted by Crippen LogP contribution is 2.27. The van der Waals surface area contributed by atoms with Gasteiger partial charge in [-0.05, 0) is 24.3 Å². The summed E-state index contributed by atoms with van der Waals surface area (Å²) >= 11 is 6.08. The van der Waals surface area contributed by atoms with Crippen LogP contribution < -0.4 is 4.90 Å². The first-order chi connectivity index (χ1) is 9.49. The smallest absolute Gasteiger partial charge is 0.335 e. The predicted molar refractivity (Wildman–Crippen MR) is 76.9 cm³/mol. The van der Waals surface area contributed by atoms with Gasteiger partial charge >= 0.3 is 5.97 Å². The third-order valence-electron chi connectivity index (χ3n) is 2.97. The van der Waals surface area contributed by atoms with E-state index in [2.05, 4.69) is 0 Å². The van der Waals surface area contributed by atoms with Gasteiger partial charge in [-0.2, -0.15) is 0 Å². The van der Waals surface area contributed by atoms with Crippen LogP contribution in [0.5, 0.6) is 0 Å². The lowest BCUT2D eigenvalue weighted by molar-refractivity contribution is 0.0697. The van der Waals surface area contributed by atoms with Gasteiger partial charge in [0.15, 0.2) is 0 Å². The van der Waals surface area contributed by atoms with Gasteiger partial charge in [-0.1, -0.05) is 29.8 Å². The number of aromatic carboxylic acids is 1. The maximum Gasteiger partial charge on any atom is 0.335 e. The van der Waals surface area contributed by atoms with Crippen LogP contribution in [-0.4, -0.2) is 18.1 Å². The molecule has 0 bridgehead atoms. The van der Waals surface area contributed by atoms with E-state index < -0.39 is 5.97 Å². The zero-order valence-corrected chi connectivity index (χ0v) is 11.6.